The Morgan fingerprint density at radius 3 is 2.46 bits per heavy atom. The van der Waals surface area contributed by atoms with Crippen molar-refractivity contribution in [3.8, 4) is 0 Å². The molecule has 0 aromatic heterocycles. The van der Waals surface area contributed by atoms with E-state index < -0.39 is 36.0 Å². The molecule has 1 fully saturated rings. The maximum Gasteiger partial charge on any atom is 0.316 e. The first kappa shape index (κ1) is 18.5. The Morgan fingerprint density at radius 2 is 1.88 bits per heavy atom. The highest BCUT2D eigenvalue weighted by atomic mass is 19.1. The molecule has 0 saturated carbocycles. The van der Waals surface area contributed by atoms with Gasteiger partial charge in [-0.05, 0) is 13.1 Å². The number of nitrogens with zero attached hydrogens (tertiary/aromatic N) is 3. The second kappa shape index (κ2) is 7.14. The Bertz CT molecular complexity index is 736. The number of hydrogen-bond acceptors (Lipinski definition) is 5. The van der Waals surface area contributed by atoms with Gasteiger partial charge in [-0.25, -0.2) is 13.2 Å². The SMILES string of the molecule is CN1CCN(c2c(F)cc3c(c2F)N(CCF)C[C@H](C(=O)O)C3=O)CC1. The molecule has 9 heteroatoms. The van der Waals surface area contributed by atoms with Crippen LogP contribution in [0.25, 0.3) is 0 Å². The number of Topliss-reactive ketones (excluding diaryl/α,β-unsaturated/α-hetero) is 1. The van der Waals surface area contributed by atoms with Crippen molar-refractivity contribution >= 4 is 23.1 Å². The predicted molar refractivity (Wildman–Crippen MR) is 89.7 cm³/mol. The number of hydrogen-bond donors (Lipinski definition) is 1. The maximum atomic E-state index is 15.2. The molecule has 1 aromatic carbocycles. The molecule has 2 aliphatic rings. The molecule has 0 unspecified atom stereocenters. The van der Waals surface area contributed by atoms with Crippen LogP contribution in [0.5, 0.6) is 0 Å². The van der Waals surface area contributed by atoms with Crippen LogP contribution in [0.3, 0.4) is 0 Å². The van der Waals surface area contributed by atoms with Gasteiger partial charge in [0.15, 0.2) is 11.6 Å². The van der Waals surface area contributed by atoms with Crippen molar-refractivity contribution in [2.75, 3.05) is 62.8 Å². The van der Waals surface area contributed by atoms with Crippen LogP contribution in [0.2, 0.25) is 0 Å². The van der Waals surface area contributed by atoms with E-state index in [1.54, 1.807) is 4.90 Å². The number of aliphatic carboxylic acids is 1. The number of halogens is 3. The molecule has 1 saturated heterocycles. The minimum Gasteiger partial charge on any atom is -0.481 e. The molecule has 142 valence electrons. The van der Waals surface area contributed by atoms with E-state index in [1.165, 1.54) is 4.90 Å². The second-order valence-electron chi connectivity index (χ2n) is 6.60. The quantitative estimate of drug-likeness (QED) is 0.807. The van der Waals surface area contributed by atoms with Gasteiger partial charge in [-0.3, -0.25) is 9.59 Å². The highest BCUT2D eigenvalue weighted by Gasteiger charge is 2.40. The minimum atomic E-state index is -1.47. The Labute approximate surface area is 148 Å². The standard InChI is InChI=1S/C17H20F3N3O3/c1-21-4-6-22(7-5-21)15-12(19)8-10-14(13(15)20)23(3-2-18)9-11(16(10)24)17(25)26/h8,11H,2-7,9H2,1H3,(H,25,26)/t11-/m0/s1. The number of carboxylic acids is 1. The number of carboxylic acid groups (broad SMARTS) is 1. The summed E-state index contributed by atoms with van der Waals surface area (Å²) in [5.41, 5.74) is -0.798. The van der Waals surface area contributed by atoms with Crippen molar-refractivity contribution in [3.05, 3.63) is 23.3 Å². The summed E-state index contributed by atoms with van der Waals surface area (Å²) < 4.78 is 42.8. The summed E-state index contributed by atoms with van der Waals surface area (Å²) in [6.07, 6.45) is 0. The first-order valence-electron chi connectivity index (χ1n) is 8.38. The molecular formula is C17H20F3N3O3. The number of piperazine rings is 1. The molecule has 0 bridgehead atoms. The van der Waals surface area contributed by atoms with Gasteiger partial charge in [-0.2, -0.15) is 0 Å². The Kier molecular flexibility index (Phi) is 5.08. The van der Waals surface area contributed by atoms with Crippen LogP contribution in [0, 0.1) is 17.6 Å². The van der Waals surface area contributed by atoms with Gasteiger partial charge in [-0.15, -0.1) is 0 Å². The van der Waals surface area contributed by atoms with Crippen molar-refractivity contribution in [2.24, 2.45) is 5.92 Å². The lowest BCUT2D eigenvalue weighted by Gasteiger charge is -2.37. The number of rotatable bonds is 4. The van der Waals surface area contributed by atoms with Gasteiger partial charge < -0.3 is 19.8 Å². The van der Waals surface area contributed by atoms with E-state index in [9.17, 15) is 23.5 Å². The van der Waals surface area contributed by atoms with E-state index in [-0.39, 0.29) is 30.0 Å². The second-order valence-corrected chi connectivity index (χ2v) is 6.60. The lowest BCUT2D eigenvalue weighted by atomic mass is 9.90. The van der Waals surface area contributed by atoms with Gasteiger partial charge in [0, 0.05) is 44.8 Å². The van der Waals surface area contributed by atoms with Gasteiger partial charge in [0.25, 0.3) is 0 Å². The summed E-state index contributed by atoms with van der Waals surface area (Å²) in [4.78, 5) is 28.5. The average molecular weight is 371 g/mol. The third-order valence-corrected chi connectivity index (χ3v) is 4.94. The van der Waals surface area contributed by atoms with Crippen molar-refractivity contribution in [1.82, 2.24) is 4.90 Å². The van der Waals surface area contributed by atoms with E-state index >= 15 is 4.39 Å². The number of fused-ring (bicyclic) bond motifs is 1. The van der Waals surface area contributed by atoms with Gasteiger partial charge in [0.1, 0.15) is 24.1 Å². The lowest BCUT2D eigenvalue weighted by Crippen LogP contribution is -2.47. The third-order valence-electron chi connectivity index (χ3n) is 4.94. The molecule has 2 heterocycles. The molecule has 3 rings (SSSR count). The summed E-state index contributed by atoms with van der Waals surface area (Å²) in [5, 5.41) is 9.20. The normalized spacial score (nSPS) is 21.1. The highest BCUT2D eigenvalue weighted by molar-refractivity contribution is 6.13. The molecule has 6 nitrogen and oxygen atoms in total. The zero-order valence-corrected chi connectivity index (χ0v) is 14.3. The van der Waals surface area contributed by atoms with Crippen LogP contribution in [0.4, 0.5) is 24.5 Å². The molecule has 0 radical (unpaired) electrons. The van der Waals surface area contributed by atoms with Crippen LogP contribution in [-0.2, 0) is 4.79 Å². The molecule has 0 spiro atoms. The summed E-state index contributed by atoms with van der Waals surface area (Å²) in [5.74, 6) is -5.57. The van der Waals surface area contributed by atoms with Crippen molar-refractivity contribution in [1.29, 1.82) is 0 Å². The van der Waals surface area contributed by atoms with Gasteiger partial charge in [0.05, 0.1) is 5.69 Å². The first-order chi connectivity index (χ1) is 12.3. The van der Waals surface area contributed by atoms with E-state index in [0.717, 1.165) is 6.07 Å². The number of benzene rings is 1. The highest BCUT2D eigenvalue weighted by Crippen LogP contribution is 2.39. The molecular weight excluding hydrogens is 351 g/mol. The molecule has 0 amide bonds. The number of carbonyl (C=O) groups excluding carboxylic acids is 1. The molecule has 0 aliphatic carbocycles. The number of anilines is 2. The maximum absolute atomic E-state index is 15.2. The average Bonchev–Trinajstić information content (AvgIpc) is 2.58. The minimum absolute atomic E-state index is 0.208. The first-order valence-corrected chi connectivity index (χ1v) is 8.38. The Morgan fingerprint density at radius 1 is 1.23 bits per heavy atom. The summed E-state index contributed by atoms with van der Waals surface area (Å²) in [7, 11) is 1.91. The van der Waals surface area contributed by atoms with E-state index in [4.69, 9.17) is 0 Å². The number of carbonyl (C=O) groups is 2. The fraction of sp³-hybridized carbons (Fsp3) is 0.529. The lowest BCUT2D eigenvalue weighted by molar-refractivity contribution is -0.139. The van der Waals surface area contributed by atoms with E-state index in [2.05, 4.69) is 0 Å². The smallest absolute Gasteiger partial charge is 0.316 e. The van der Waals surface area contributed by atoms with Crippen molar-refractivity contribution in [3.63, 3.8) is 0 Å². The monoisotopic (exact) mass is 371 g/mol. The predicted octanol–water partition coefficient (Wildman–Crippen LogP) is 1.39. The zero-order chi connectivity index (χ0) is 19.0. The van der Waals surface area contributed by atoms with Crippen LogP contribution in [0.15, 0.2) is 6.07 Å². The van der Waals surface area contributed by atoms with Gasteiger partial charge >= 0.3 is 5.97 Å². The Hall–Kier alpha value is -2.29. The van der Waals surface area contributed by atoms with E-state index in [1.807, 2.05) is 11.9 Å². The topological polar surface area (TPSA) is 64.1 Å². The van der Waals surface area contributed by atoms with Crippen LogP contribution < -0.4 is 9.80 Å². The largest absolute Gasteiger partial charge is 0.481 e. The number of ketones is 1. The molecule has 1 N–H and O–H groups in total. The van der Waals surface area contributed by atoms with Crippen LogP contribution in [0.1, 0.15) is 10.4 Å². The fourth-order valence-electron chi connectivity index (χ4n) is 3.49. The van der Waals surface area contributed by atoms with Crippen molar-refractivity contribution in [2.45, 2.75) is 0 Å². The molecule has 1 atom stereocenters. The summed E-state index contributed by atoms with van der Waals surface area (Å²) in [6.45, 7) is 0.634. The van der Waals surface area contributed by atoms with E-state index in [0.29, 0.717) is 26.2 Å². The fourth-order valence-corrected chi connectivity index (χ4v) is 3.49. The van der Waals surface area contributed by atoms with Crippen molar-refractivity contribution < 1.29 is 27.9 Å². The number of likely N-dealkylation sites (N-methyl/N-ethyl adjacent to an activating group) is 1. The van der Waals surface area contributed by atoms with Crippen LogP contribution in [-0.4, -0.2) is 74.7 Å². The zero-order valence-electron chi connectivity index (χ0n) is 14.3. The molecule has 1 aromatic rings. The summed E-state index contributed by atoms with van der Waals surface area (Å²) >= 11 is 0. The Balaban J connectivity index is 2.09. The molecule has 26 heavy (non-hydrogen) atoms. The molecule has 2 aliphatic heterocycles. The summed E-state index contributed by atoms with van der Waals surface area (Å²) in [6, 6.07) is 0.884. The van der Waals surface area contributed by atoms with Gasteiger partial charge in [-0.1, -0.05) is 0 Å². The van der Waals surface area contributed by atoms with Gasteiger partial charge in [0.2, 0.25) is 0 Å². The number of alkyl halides is 1. The van der Waals surface area contributed by atoms with Crippen LogP contribution >= 0.6 is 0 Å². The third kappa shape index (κ3) is 3.11.